The van der Waals surface area contributed by atoms with Gasteiger partial charge in [-0.2, -0.15) is 0 Å². The van der Waals surface area contributed by atoms with E-state index in [0.29, 0.717) is 27.6 Å². The van der Waals surface area contributed by atoms with Crippen LogP contribution in [0.1, 0.15) is 46.4 Å². The molecule has 3 amide bonds. The molecule has 3 rings (SSSR count). The monoisotopic (exact) mass is 474 g/mol. The van der Waals surface area contributed by atoms with Crippen LogP contribution in [0.15, 0.2) is 18.2 Å². The summed E-state index contributed by atoms with van der Waals surface area (Å²) in [4.78, 5) is 49.7. The van der Waals surface area contributed by atoms with Gasteiger partial charge in [0.25, 0.3) is 11.8 Å². The van der Waals surface area contributed by atoms with E-state index in [0.717, 1.165) is 11.3 Å². The normalized spacial score (nSPS) is 15.4. The molecule has 1 aromatic heterocycles. The zero-order chi connectivity index (χ0) is 24.3. The lowest BCUT2D eigenvalue weighted by Crippen LogP contribution is -2.34. The van der Waals surface area contributed by atoms with Crippen LogP contribution in [0.2, 0.25) is 0 Å². The third-order valence-electron chi connectivity index (χ3n) is 4.98. The highest BCUT2D eigenvalue weighted by molar-refractivity contribution is 7.18. The summed E-state index contributed by atoms with van der Waals surface area (Å²) < 4.78 is 10.6. The summed E-state index contributed by atoms with van der Waals surface area (Å²) in [6.07, 6.45) is -0.580. The van der Waals surface area contributed by atoms with Gasteiger partial charge < -0.3 is 30.7 Å². The van der Waals surface area contributed by atoms with Gasteiger partial charge in [-0.25, -0.2) is 4.79 Å². The van der Waals surface area contributed by atoms with Gasteiger partial charge in [0.1, 0.15) is 16.8 Å². The Labute approximate surface area is 195 Å². The van der Waals surface area contributed by atoms with E-state index in [4.69, 9.17) is 9.47 Å². The minimum Gasteiger partial charge on any atom is -0.479 e. The van der Waals surface area contributed by atoms with E-state index in [-0.39, 0.29) is 29.0 Å². The van der Waals surface area contributed by atoms with E-state index in [9.17, 15) is 19.2 Å². The van der Waals surface area contributed by atoms with E-state index in [1.807, 2.05) is 0 Å². The lowest BCUT2D eigenvalue weighted by Gasteiger charge is -2.24. The zero-order valence-electron chi connectivity index (χ0n) is 19.0. The van der Waals surface area contributed by atoms with Crippen LogP contribution in [0.4, 0.5) is 16.4 Å². The van der Waals surface area contributed by atoms with Crippen LogP contribution in [0.5, 0.6) is 5.75 Å². The van der Waals surface area contributed by atoms with Crippen molar-refractivity contribution in [3.05, 3.63) is 34.2 Å². The highest BCUT2D eigenvalue weighted by Crippen LogP contribution is 2.35. The Morgan fingerprint density at radius 2 is 2.03 bits per heavy atom. The average Bonchev–Trinajstić information content (AvgIpc) is 3.10. The van der Waals surface area contributed by atoms with E-state index >= 15 is 0 Å². The van der Waals surface area contributed by atoms with Crippen molar-refractivity contribution in [2.45, 2.75) is 39.8 Å². The standard InChI is InChI=1S/C22H26N4O6S/c1-6-31-22(30)16-10(2)17(20(29)23-5)33-21(16)26-18(27)11(3)24-13-7-8-15-14(9-13)25-19(28)12(4)32-15/h7-9,11-12,24H,6H2,1-5H3,(H,23,29)(H,25,28)(H,26,27). The third-order valence-corrected chi connectivity index (χ3v) is 6.19. The molecule has 4 N–H and O–H groups in total. The number of esters is 1. The Bertz CT molecular complexity index is 1110. The van der Waals surface area contributed by atoms with Crippen molar-refractivity contribution in [2.24, 2.45) is 0 Å². The number of nitrogens with one attached hydrogen (secondary N) is 4. The summed E-state index contributed by atoms with van der Waals surface area (Å²) in [5.41, 5.74) is 1.69. The lowest BCUT2D eigenvalue weighted by atomic mass is 10.1. The van der Waals surface area contributed by atoms with Crippen LogP contribution in [-0.2, 0) is 14.3 Å². The molecule has 0 radical (unpaired) electrons. The van der Waals surface area contributed by atoms with E-state index in [1.165, 1.54) is 7.05 Å². The molecule has 0 spiro atoms. The molecule has 0 aliphatic carbocycles. The molecule has 0 fully saturated rings. The summed E-state index contributed by atoms with van der Waals surface area (Å²) in [6, 6.07) is 4.40. The second-order valence-corrected chi connectivity index (χ2v) is 8.40. The predicted octanol–water partition coefficient (Wildman–Crippen LogP) is 2.75. The molecule has 33 heavy (non-hydrogen) atoms. The van der Waals surface area contributed by atoms with Gasteiger partial charge in [0.15, 0.2) is 6.10 Å². The first-order valence-electron chi connectivity index (χ1n) is 10.4. The number of carbonyl (C=O) groups excluding carboxylic acids is 4. The van der Waals surface area contributed by atoms with E-state index < -0.39 is 24.0 Å². The highest BCUT2D eigenvalue weighted by Gasteiger charge is 2.28. The quantitative estimate of drug-likeness (QED) is 0.453. The number of hydrogen-bond donors (Lipinski definition) is 4. The van der Waals surface area contributed by atoms with Gasteiger partial charge in [0, 0.05) is 12.7 Å². The minimum absolute atomic E-state index is 0.156. The van der Waals surface area contributed by atoms with Crippen molar-refractivity contribution < 1.29 is 28.7 Å². The maximum atomic E-state index is 12.9. The van der Waals surface area contributed by atoms with Crippen molar-refractivity contribution in [2.75, 3.05) is 29.6 Å². The van der Waals surface area contributed by atoms with Crippen LogP contribution in [0.25, 0.3) is 0 Å². The molecular formula is C22H26N4O6S. The third kappa shape index (κ3) is 5.08. The summed E-state index contributed by atoms with van der Waals surface area (Å²) >= 11 is 1.01. The Hall–Kier alpha value is -3.60. The van der Waals surface area contributed by atoms with Crippen LogP contribution in [0.3, 0.4) is 0 Å². The summed E-state index contributed by atoms with van der Waals surface area (Å²) in [7, 11) is 1.49. The van der Waals surface area contributed by atoms with Gasteiger partial charge in [0.05, 0.1) is 22.7 Å². The van der Waals surface area contributed by atoms with Crippen LogP contribution >= 0.6 is 11.3 Å². The first-order valence-corrected chi connectivity index (χ1v) is 11.2. The fourth-order valence-corrected chi connectivity index (χ4v) is 4.36. The van der Waals surface area contributed by atoms with Gasteiger partial charge in [-0.3, -0.25) is 14.4 Å². The average molecular weight is 475 g/mol. The smallest absolute Gasteiger partial charge is 0.341 e. The zero-order valence-corrected chi connectivity index (χ0v) is 19.8. The Morgan fingerprint density at radius 1 is 1.30 bits per heavy atom. The number of ether oxygens (including phenoxy) is 2. The molecule has 1 aliphatic heterocycles. The molecule has 10 nitrogen and oxygen atoms in total. The highest BCUT2D eigenvalue weighted by atomic mass is 32.1. The van der Waals surface area contributed by atoms with Gasteiger partial charge in [0.2, 0.25) is 5.91 Å². The maximum Gasteiger partial charge on any atom is 0.341 e. The number of anilines is 3. The predicted molar refractivity (Wildman–Crippen MR) is 125 cm³/mol. The Morgan fingerprint density at radius 3 is 2.70 bits per heavy atom. The molecule has 176 valence electrons. The molecule has 2 aromatic rings. The summed E-state index contributed by atoms with van der Waals surface area (Å²) in [5.74, 6) is -1.10. The minimum atomic E-state index is -0.705. The number of fused-ring (bicyclic) bond motifs is 1. The van der Waals surface area contributed by atoms with Crippen molar-refractivity contribution in [3.8, 4) is 5.75 Å². The molecule has 2 heterocycles. The maximum absolute atomic E-state index is 12.9. The SMILES string of the molecule is CCOC(=O)c1c(NC(=O)C(C)Nc2ccc3c(c2)NC(=O)C(C)O3)sc(C(=O)NC)c1C. The van der Waals surface area contributed by atoms with Gasteiger partial charge in [-0.1, -0.05) is 0 Å². The molecule has 0 saturated carbocycles. The Balaban J connectivity index is 1.78. The molecule has 1 aromatic carbocycles. The van der Waals surface area contributed by atoms with E-state index in [1.54, 1.807) is 45.9 Å². The molecular weight excluding hydrogens is 448 g/mol. The fourth-order valence-electron chi connectivity index (χ4n) is 3.21. The molecule has 11 heteroatoms. The second kappa shape index (κ2) is 9.90. The molecule has 2 atom stereocenters. The fraction of sp³-hybridized carbons (Fsp3) is 0.364. The van der Waals surface area contributed by atoms with Crippen molar-refractivity contribution in [1.29, 1.82) is 0 Å². The number of rotatable bonds is 7. The largest absolute Gasteiger partial charge is 0.479 e. The first-order chi connectivity index (χ1) is 15.7. The van der Waals surface area contributed by atoms with Crippen LogP contribution in [0, 0.1) is 6.92 Å². The topological polar surface area (TPSA) is 135 Å². The van der Waals surface area contributed by atoms with Crippen molar-refractivity contribution in [1.82, 2.24) is 5.32 Å². The molecule has 0 saturated heterocycles. The van der Waals surface area contributed by atoms with Gasteiger partial charge in [-0.05, 0) is 51.5 Å². The molecule has 1 aliphatic rings. The summed E-state index contributed by atoms with van der Waals surface area (Å²) in [5, 5.41) is 11.3. The second-order valence-electron chi connectivity index (χ2n) is 7.38. The Kier molecular flexibility index (Phi) is 7.22. The number of carbonyl (C=O) groups is 4. The van der Waals surface area contributed by atoms with Gasteiger partial charge in [-0.15, -0.1) is 11.3 Å². The lowest BCUT2D eigenvalue weighted by molar-refractivity contribution is -0.122. The van der Waals surface area contributed by atoms with Crippen molar-refractivity contribution in [3.63, 3.8) is 0 Å². The number of benzene rings is 1. The molecule has 2 unspecified atom stereocenters. The number of thiophene rings is 1. The van der Waals surface area contributed by atoms with E-state index in [2.05, 4.69) is 21.3 Å². The van der Waals surface area contributed by atoms with Crippen LogP contribution < -0.4 is 26.0 Å². The van der Waals surface area contributed by atoms with Crippen LogP contribution in [-0.4, -0.2) is 49.5 Å². The van der Waals surface area contributed by atoms with Crippen molar-refractivity contribution >= 4 is 51.4 Å². The number of hydrogen-bond acceptors (Lipinski definition) is 8. The summed E-state index contributed by atoms with van der Waals surface area (Å²) in [6.45, 7) is 6.77. The first kappa shape index (κ1) is 24.1. The van der Waals surface area contributed by atoms with Gasteiger partial charge >= 0.3 is 5.97 Å². The number of amides is 3. The molecule has 0 bridgehead atoms.